The van der Waals surface area contributed by atoms with Crippen molar-refractivity contribution in [1.29, 1.82) is 0 Å². The molecule has 0 unspecified atom stereocenters. The highest BCUT2D eigenvalue weighted by atomic mass is 127. The molecule has 2 heterocycles. The average molecular weight is 462 g/mol. The van der Waals surface area contributed by atoms with Crippen LogP contribution in [0.15, 0.2) is 87.4 Å². The fourth-order valence-corrected chi connectivity index (χ4v) is 4.76. The quantitative estimate of drug-likeness (QED) is 0.339. The summed E-state index contributed by atoms with van der Waals surface area (Å²) in [6.07, 6.45) is 4.30. The van der Waals surface area contributed by atoms with Crippen LogP contribution in [0.25, 0.3) is 39.3 Å². The van der Waals surface area contributed by atoms with Crippen molar-refractivity contribution < 1.29 is 4.42 Å². The maximum atomic E-state index is 6.00. The smallest absolute Gasteiger partial charge is 0.248 e. The number of nitrogens with zero attached hydrogens (tertiary/aromatic N) is 2. The highest BCUT2D eigenvalue weighted by molar-refractivity contribution is 14.2. The van der Waals surface area contributed by atoms with Crippen LogP contribution < -0.4 is 0 Å². The minimum atomic E-state index is 0.0436. The Morgan fingerprint density at radius 2 is 1.52 bits per heavy atom. The molecule has 0 N–H and O–H groups in total. The number of allylic oxidation sites excluding steroid dienone is 3. The normalized spacial score (nSPS) is 13.4. The summed E-state index contributed by atoms with van der Waals surface area (Å²) >= 11 is 0.0436. The van der Waals surface area contributed by atoms with E-state index in [-0.39, 0.29) is 20.7 Å². The van der Waals surface area contributed by atoms with Crippen molar-refractivity contribution in [3.05, 3.63) is 88.5 Å². The Labute approximate surface area is 166 Å². The summed E-state index contributed by atoms with van der Waals surface area (Å²) in [5, 5.41) is 10.8. The van der Waals surface area contributed by atoms with Gasteiger partial charge in [0.1, 0.15) is 0 Å². The molecule has 0 fully saturated rings. The number of aromatic nitrogens is 2. The van der Waals surface area contributed by atoms with Gasteiger partial charge in [-0.3, -0.25) is 0 Å². The number of hydrogen-bond donors (Lipinski definition) is 0. The number of fused-ring (bicyclic) bond motifs is 1. The Balaban J connectivity index is 1.49. The molecule has 0 saturated carbocycles. The lowest BCUT2D eigenvalue weighted by Crippen LogP contribution is -1.86. The SMILES string of the molecule is C1=CI=CC(c2ccc(-c3nnc(-c4cccc5ccccc45)o3)cc2)=C1. The second-order valence-corrected chi connectivity index (χ2v) is 8.25. The van der Waals surface area contributed by atoms with Crippen LogP contribution in [0, 0.1) is 0 Å². The van der Waals surface area contributed by atoms with Gasteiger partial charge in [0.2, 0.25) is 11.8 Å². The standard InChI is InChI=1S/C23H15IN2O/c1-2-8-20-17(5-1)6-3-9-21(20)23-26-25-22(27-23)18-12-10-16(11-13-18)19-7-4-14-24-15-19/h1-15H. The fourth-order valence-electron chi connectivity index (χ4n) is 3.15. The van der Waals surface area contributed by atoms with E-state index in [9.17, 15) is 0 Å². The number of halogens is 1. The van der Waals surface area contributed by atoms with Crippen LogP contribution in [0.4, 0.5) is 0 Å². The molecule has 1 aromatic heterocycles. The van der Waals surface area contributed by atoms with Crippen LogP contribution in [0.5, 0.6) is 0 Å². The predicted octanol–water partition coefficient (Wildman–Crippen LogP) is 6.24. The van der Waals surface area contributed by atoms with E-state index in [0.717, 1.165) is 21.9 Å². The monoisotopic (exact) mass is 462 g/mol. The van der Waals surface area contributed by atoms with E-state index in [4.69, 9.17) is 4.42 Å². The van der Waals surface area contributed by atoms with Gasteiger partial charge in [0, 0.05) is 11.1 Å². The van der Waals surface area contributed by atoms with Crippen LogP contribution in [0.2, 0.25) is 0 Å². The van der Waals surface area contributed by atoms with Crippen molar-refractivity contribution in [2.24, 2.45) is 0 Å². The van der Waals surface area contributed by atoms with E-state index in [1.807, 2.05) is 36.4 Å². The van der Waals surface area contributed by atoms with E-state index in [0.29, 0.717) is 11.8 Å². The molecular weight excluding hydrogens is 447 g/mol. The second kappa shape index (κ2) is 7.04. The molecule has 3 aromatic carbocycles. The third-order valence-corrected chi connectivity index (χ3v) is 6.37. The highest BCUT2D eigenvalue weighted by Gasteiger charge is 2.13. The molecule has 27 heavy (non-hydrogen) atoms. The van der Waals surface area contributed by atoms with Crippen molar-refractivity contribution in [3.8, 4) is 22.9 Å². The Hall–Kier alpha value is -2.86. The van der Waals surface area contributed by atoms with Crippen molar-refractivity contribution in [2.75, 3.05) is 0 Å². The third kappa shape index (κ3) is 3.17. The largest absolute Gasteiger partial charge is 0.416 e. The molecule has 0 spiro atoms. The van der Waals surface area contributed by atoms with Crippen molar-refractivity contribution in [2.45, 2.75) is 0 Å². The van der Waals surface area contributed by atoms with E-state index < -0.39 is 0 Å². The molecule has 4 heteroatoms. The Bertz CT molecular complexity index is 1210. The van der Waals surface area contributed by atoms with Crippen LogP contribution in [-0.2, 0) is 0 Å². The first-order chi connectivity index (χ1) is 13.4. The predicted molar refractivity (Wildman–Crippen MR) is 120 cm³/mol. The minimum absolute atomic E-state index is 0.0436. The summed E-state index contributed by atoms with van der Waals surface area (Å²) in [5.41, 5.74) is 4.40. The summed E-state index contributed by atoms with van der Waals surface area (Å²) in [4.78, 5) is 0. The lowest BCUT2D eigenvalue weighted by Gasteiger charge is -2.04. The topological polar surface area (TPSA) is 38.9 Å². The van der Waals surface area contributed by atoms with Crippen molar-refractivity contribution in [3.63, 3.8) is 0 Å². The van der Waals surface area contributed by atoms with Crippen molar-refractivity contribution >= 4 is 41.1 Å². The molecule has 1 aliphatic rings. The maximum absolute atomic E-state index is 6.00. The molecule has 5 rings (SSSR count). The van der Waals surface area contributed by atoms with Crippen LogP contribution in [0.3, 0.4) is 0 Å². The highest BCUT2D eigenvalue weighted by Crippen LogP contribution is 2.30. The zero-order valence-electron chi connectivity index (χ0n) is 14.3. The van der Waals surface area contributed by atoms with Gasteiger partial charge >= 0.3 is 0 Å². The summed E-state index contributed by atoms with van der Waals surface area (Å²) in [5.74, 6) is 1.09. The maximum Gasteiger partial charge on any atom is 0.248 e. The summed E-state index contributed by atoms with van der Waals surface area (Å²) in [7, 11) is 0. The molecule has 4 aromatic rings. The molecule has 0 amide bonds. The van der Waals surface area contributed by atoms with Crippen LogP contribution in [0.1, 0.15) is 5.56 Å². The van der Waals surface area contributed by atoms with E-state index >= 15 is 0 Å². The molecular formula is C23H15IN2O. The van der Waals surface area contributed by atoms with Gasteiger partial charge in [0.05, 0.1) is 0 Å². The van der Waals surface area contributed by atoms with Gasteiger partial charge in [-0.25, -0.2) is 0 Å². The van der Waals surface area contributed by atoms with Gasteiger partial charge in [0.25, 0.3) is 0 Å². The third-order valence-electron chi connectivity index (χ3n) is 4.51. The summed E-state index contributed by atoms with van der Waals surface area (Å²) in [6, 6.07) is 22.7. The lowest BCUT2D eigenvalue weighted by atomic mass is 10.0. The first kappa shape index (κ1) is 16.3. The number of benzene rings is 3. The minimum Gasteiger partial charge on any atom is -0.416 e. The first-order valence-corrected chi connectivity index (χ1v) is 11.1. The first-order valence-electron chi connectivity index (χ1n) is 8.63. The van der Waals surface area contributed by atoms with Gasteiger partial charge in [-0.2, -0.15) is 0 Å². The lowest BCUT2D eigenvalue weighted by molar-refractivity contribution is 0.585. The van der Waals surface area contributed by atoms with Gasteiger partial charge in [0.15, 0.2) is 0 Å². The molecule has 0 radical (unpaired) electrons. The average Bonchev–Trinajstić information content (AvgIpc) is 3.24. The van der Waals surface area contributed by atoms with E-state index in [1.165, 1.54) is 11.1 Å². The van der Waals surface area contributed by atoms with Gasteiger partial charge in [-0.05, 0) is 48.2 Å². The molecule has 0 bridgehead atoms. The molecule has 1 aliphatic heterocycles. The van der Waals surface area contributed by atoms with Gasteiger partial charge < -0.3 is 4.42 Å². The second-order valence-electron chi connectivity index (χ2n) is 6.19. The van der Waals surface area contributed by atoms with Crippen LogP contribution >= 0.6 is 20.7 Å². The zero-order valence-corrected chi connectivity index (χ0v) is 16.5. The zero-order chi connectivity index (χ0) is 18.1. The van der Waals surface area contributed by atoms with Crippen LogP contribution in [-0.4, -0.2) is 14.2 Å². The Kier molecular flexibility index (Phi) is 4.26. The van der Waals surface area contributed by atoms with Gasteiger partial charge in [-0.1, -0.05) is 81.4 Å². The molecule has 130 valence electrons. The molecule has 3 nitrogen and oxygen atoms in total. The number of hydrogen-bond acceptors (Lipinski definition) is 3. The summed E-state index contributed by atoms with van der Waals surface area (Å²) in [6.45, 7) is 0. The molecule has 0 saturated heterocycles. The molecule has 0 aliphatic carbocycles. The van der Waals surface area contributed by atoms with Gasteiger partial charge in [-0.15, -0.1) is 10.2 Å². The number of rotatable bonds is 3. The van der Waals surface area contributed by atoms with Crippen molar-refractivity contribution in [1.82, 2.24) is 10.2 Å². The van der Waals surface area contributed by atoms with E-state index in [2.05, 4.69) is 60.8 Å². The Morgan fingerprint density at radius 1 is 0.741 bits per heavy atom. The Morgan fingerprint density at radius 3 is 2.37 bits per heavy atom. The fraction of sp³-hybridized carbons (Fsp3) is 0. The van der Waals surface area contributed by atoms with E-state index in [1.54, 1.807) is 0 Å². The summed E-state index contributed by atoms with van der Waals surface area (Å²) < 4.78 is 10.6. The molecule has 0 atom stereocenters.